The van der Waals surface area contributed by atoms with Gasteiger partial charge in [0.05, 0.1) is 13.2 Å². The van der Waals surface area contributed by atoms with E-state index in [0.29, 0.717) is 24.5 Å². The van der Waals surface area contributed by atoms with Gasteiger partial charge < -0.3 is 9.84 Å². The van der Waals surface area contributed by atoms with Gasteiger partial charge in [-0.1, -0.05) is 55.7 Å². The summed E-state index contributed by atoms with van der Waals surface area (Å²) in [5.74, 6) is 0.862. The van der Waals surface area contributed by atoms with Crippen LogP contribution in [-0.4, -0.2) is 24.0 Å². The fourth-order valence-corrected chi connectivity index (χ4v) is 5.09. The summed E-state index contributed by atoms with van der Waals surface area (Å²) in [6.45, 7) is 0. The fraction of sp³-hybridized carbons (Fsp3) is 0.615. The average molecular weight is 413 g/mol. The van der Waals surface area contributed by atoms with Gasteiger partial charge in [-0.25, -0.2) is 0 Å². The summed E-state index contributed by atoms with van der Waals surface area (Å²) in [5.41, 5.74) is 2.22. The molecule has 0 aliphatic heterocycles. The van der Waals surface area contributed by atoms with Gasteiger partial charge in [-0.05, 0) is 61.5 Å². The molecule has 1 aromatic rings. The molecular formula is C26H36O4. The van der Waals surface area contributed by atoms with Crippen molar-refractivity contribution < 1.29 is 19.4 Å². The second kappa shape index (κ2) is 11.5. The number of esters is 1. The SMILES string of the molecule is COC(=O)CCC/C=C\C[C@H]1C(=O)CCC1c1ccc(C(O)C2CCCCC2)cc1. The van der Waals surface area contributed by atoms with E-state index in [1.165, 1.54) is 31.9 Å². The monoisotopic (exact) mass is 412 g/mol. The molecule has 4 nitrogen and oxygen atoms in total. The Morgan fingerprint density at radius 3 is 2.57 bits per heavy atom. The first-order chi connectivity index (χ1) is 14.6. The molecule has 0 amide bonds. The number of allylic oxidation sites excluding steroid dienone is 2. The number of aliphatic hydroxyl groups excluding tert-OH is 1. The zero-order chi connectivity index (χ0) is 21.3. The quantitative estimate of drug-likeness (QED) is 0.323. The van der Waals surface area contributed by atoms with Crippen molar-refractivity contribution in [1.82, 2.24) is 0 Å². The Balaban J connectivity index is 1.54. The zero-order valence-electron chi connectivity index (χ0n) is 18.2. The maximum absolute atomic E-state index is 12.5. The summed E-state index contributed by atoms with van der Waals surface area (Å²) in [5, 5.41) is 10.7. The molecule has 2 aliphatic rings. The van der Waals surface area contributed by atoms with Gasteiger partial charge in [0.2, 0.25) is 0 Å². The number of carbonyl (C=O) groups is 2. The molecule has 0 radical (unpaired) electrons. The first-order valence-corrected chi connectivity index (χ1v) is 11.6. The van der Waals surface area contributed by atoms with Crippen molar-refractivity contribution in [3.05, 3.63) is 47.5 Å². The van der Waals surface area contributed by atoms with Gasteiger partial charge in [0, 0.05) is 18.8 Å². The number of hydrogen-bond donors (Lipinski definition) is 1. The van der Waals surface area contributed by atoms with Gasteiger partial charge in [0.1, 0.15) is 5.78 Å². The smallest absolute Gasteiger partial charge is 0.305 e. The lowest BCUT2D eigenvalue weighted by molar-refractivity contribution is -0.140. The Kier molecular flexibility index (Phi) is 8.68. The molecule has 4 heteroatoms. The first kappa shape index (κ1) is 22.7. The normalized spacial score (nSPS) is 23.7. The van der Waals surface area contributed by atoms with Crippen LogP contribution in [0.3, 0.4) is 0 Å². The maximum Gasteiger partial charge on any atom is 0.305 e. The van der Waals surface area contributed by atoms with Crippen LogP contribution >= 0.6 is 0 Å². The minimum Gasteiger partial charge on any atom is -0.469 e. The van der Waals surface area contributed by atoms with Crippen molar-refractivity contribution in [3.63, 3.8) is 0 Å². The van der Waals surface area contributed by atoms with Crippen LogP contribution in [0, 0.1) is 11.8 Å². The third-order valence-corrected chi connectivity index (χ3v) is 6.94. The number of Topliss-reactive ketones (excluding diaryl/α,β-unsaturated/α-hetero) is 1. The molecule has 0 bridgehead atoms. The van der Waals surface area contributed by atoms with E-state index in [9.17, 15) is 14.7 Å². The van der Waals surface area contributed by atoms with E-state index in [1.54, 1.807) is 0 Å². The van der Waals surface area contributed by atoms with Crippen LogP contribution in [0.5, 0.6) is 0 Å². The Morgan fingerprint density at radius 1 is 1.13 bits per heavy atom. The van der Waals surface area contributed by atoms with E-state index >= 15 is 0 Å². The van der Waals surface area contributed by atoms with E-state index in [1.807, 2.05) is 0 Å². The van der Waals surface area contributed by atoms with Crippen molar-refractivity contribution in [2.45, 2.75) is 82.7 Å². The molecular weight excluding hydrogens is 376 g/mol. The minimum absolute atomic E-state index is 0.0379. The number of carbonyl (C=O) groups excluding carboxylic acids is 2. The standard InChI is InChI=1S/C26H36O4/c1-30-25(28)12-8-3-2-7-11-23-22(17-18-24(23)27)19-13-15-21(16-14-19)26(29)20-9-5-4-6-10-20/h2,7,13-16,20,22-23,26,29H,3-6,8-12,17-18H2,1H3/b7-2-/t22?,23-,26?/m1/s1. The van der Waals surface area contributed by atoms with Crippen LogP contribution in [0.25, 0.3) is 0 Å². The van der Waals surface area contributed by atoms with E-state index in [0.717, 1.165) is 44.1 Å². The summed E-state index contributed by atoms with van der Waals surface area (Å²) in [7, 11) is 1.41. The number of unbranched alkanes of at least 4 members (excludes halogenated alkanes) is 1. The second-order valence-corrected chi connectivity index (χ2v) is 8.90. The van der Waals surface area contributed by atoms with Crippen LogP contribution in [0.1, 0.15) is 93.8 Å². The van der Waals surface area contributed by atoms with Gasteiger partial charge in [0.15, 0.2) is 0 Å². The van der Waals surface area contributed by atoms with Crippen LogP contribution in [-0.2, 0) is 14.3 Å². The molecule has 0 spiro atoms. The van der Waals surface area contributed by atoms with Crippen LogP contribution in [0.2, 0.25) is 0 Å². The molecule has 2 fully saturated rings. The number of methoxy groups -OCH3 is 1. The number of hydrogen-bond acceptors (Lipinski definition) is 4. The lowest BCUT2D eigenvalue weighted by Crippen LogP contribution is -2.16. The van der Waals surface area contributed by atoms with Crippen LogP contribution in [0.15, 0.2) is 36.4 Å². The number of aliphatic hydroxyl groups is 1. The topological polar surface area (TPSA) is 63.6 Å². The van der Waals surface area contributed by atoms with Crippen molar-refractivity contribution in [3.8, 4) is 0 Å². The van der Waals surface area contributed by atoms with Crippen LogP contribution in [0.4, 0.5) is 0 Å². The molecule has 1 N–H and O–H groups in total. The zero-order valence-corrected chi connectivity index (χ0v) is 18.2. The predicted octanol–water partition coefficient (Wildman–Crippen LogP) is 5.65. The van der Waals surface area contributed by atoms with Crippen molar-refractivity contribution in [1.29, 1.82) is 0 Å². The molecule has 2 aliphatic carbocycles. The molecule has 3 rings (SSSR count). The molecule has 0 aromatic heterocycles. The summed E-state index contributed by atoms with van der Waals surface area (Å²) >= 11 is 0. The number of ketones is 1. The summed E-state index contributed by atoms with van der Waals surface area (Å²) in [4.78, 5) is 23.6. The number of ether oxygens (including phenoxy) is 1. The fourth-order valence-electron chi connectivity index (χ4n) is 5.09. The second-order valence-electron chi connectivity index (χ2n) is 8.90. The highest BCUT2D eigenvalue weighted by Crippen LogP contribution is 2.40. The molecule has 164 valence electrons. The van der Waals surface area contributed by atoms with Gasteiger partial charge in [0.25, 0.3) is 0 Å². The summed E-state index contributed by atoms with van der Waals surface area (Å²) in [6, 6.07) is 8.38. The minimum atomic E-state index is -0.367. The van der Waals surface area contributed by atoms with E-state index < -0.39 is 0 Å². The molecule has 0 heterocycles. The van der Waals surface area contributed by atoms with Crippen molar-refractivity contribution in [2.24, 2.45) is 11.8 Å². The Morgan fingerprint density at radius 2 is 1.87 bits per heavy atom. The number of rotatable bonds is 9. The predicted molar refractivity (Wildman–Crippen MR) is 118 cm³/mol. The number of benzene rings is 1. The van der Waals surface area contributed by atoms with Gasteiger partial charge in [-0.15, -0.1) is 0 Å². The molecule has 1 aromatic carbocycles. The molecule has 0 saturated heterocycles. The van der Waals surface area contributed by atoms with Crippen molar-refractivity contribution in [2.75, 3.05) is 7.11 Å². The summed E-state index contributed by atoms with van der Waals surface area (Å²) < 4.78 is 4.65. The Hall–Kier alpha value is -1.94. The average Bonchev–Trinajstić information content (AvgIpc) is 3.16. The lowest BCUT2D eigenvalue weighted by Gasteiger charge is -2.27. The van der Waals surface area contributed by atoms with Crippen LogP contribution < -0.4 is 0 Å². The molecule has 2 saturated carbocycles. The molecule has 3 atom stereocenters. The van der Waals surface area contributed by atoms with E-state index in [2.05, 4.69) is 41.2 Å². The van der Waals surface area contributed by atoms with Gasteiger partial charge in [-0.3, -0.25) is 9.59 Å². The highest BCUT2D eigenvalue weighted by Gasteiger charge is 2.34. The Labute approximate surface area is 180 Å². The Bertz CT molecular complexity index is 715. The van der Waals surface area contributed by atoms with E-state index in [4.69, 9.17) is 0 Å². The molecule has 30 heavy (non-hydrogen) atoms. The molecule has 2 unspecified atom stereocenters. The van der Waals surface area contributed by atoms with Gasteiger partial charge >= 0.3 is 5.97 Å². The van der Waals surface area contributed by atoms with E-state index in [-0.39, 0.29) is 23.9 Å². The third-order valence-electron chi connectivity index (χ3n) is 6.94. The third kappa shape index (κ3) is 6.04. The lowest BCUT2D eigenvalue weighted by atomic mass is 9.81. The largest absolute Gasteiger partial charge is 0.469 e. The first-order valence-electron chi connectivity index (χ1n) is 11.6. The highest BCUT2D eigenvalue weighted by molar-refractivity contribution is 5.84. The maximum atomic E-state index is 12.5. The van der Waals surface area contributed by atoms with Crippen molar-refractivity contribution >= 4 is 11.8 Å². The highest BCUT2D eigenvalue weighted by atomic mass is 16.5. The summed E-state index contributed by atoms with van der Waals surface area (Å²) in [6.07, 6.45) is 14.1. The van der Waals surface area contributed by atoms with Gasteiger partial charge in [-0.2, -0.15) is 0 Å².